The highest BCUT2D eigenvalue weighted by Crippen LogP contribution is 2.30. The van der Waals surface area contributed by atoms with Crippen LogP contribution in [0.4, 0.5) is 0 Å². The monoisotopic (exact) mass is 263 g/mol. The average molecular weight is 263 g/mol. The van der Waals surface area contributed by atoms with Crippen molar-refractivity contribution in [3.05, 3.63) is 57.6 Å². The van der Waals surface area contributed by atoms with Crippen LogP contribution in [-0.4, -0.2) is 9.97 Å². The van der Waals surface area contributed by atoms with Gasteiger partial charge in [-0.2, -0.15) is 5.26 Å². The number of H-pyrrole nitrogens is 2. The van der Waals surface area contributed by atoms with Crippen molar-refractivity contribution in [1.29, 1.82) is 5.26 Å². The maximum absolute atomic E-state index is 11.9. The normalized spacial score (nSPS) is 10.7. The van der Waals surface area contributed by atoms with Crippen molar-refractivity contribution in [2.45, 2.75) is 13.8 Å². The lowest BCUT2D eigenvalue weighted by Crippen LogP contribution is -2.12. The Kier molecular flexibility index (Phi) is 2.69. The van der Waals surface area contributed by atoms with Gasteiger partial charge in [-0.3, -0.25) is 4.79 Å². The molecule has 0 unspecified atom stereocenters. The quantitative estimate of drug-likeness (QED) is 0.708. The van der Waals surface area contributed by atoms with Crippen molar-refractivity contribution >= 4 is 10.9 Å². The summed E-state index contributed by atoms with van der Waals surface area (Å²) < 4.78 is 0. The summed E-state index contributed by atoms with van der Waals surface area (Å²) in [6, 6.07) is 11.7. The van der Waals surface area contributed by atoms with E-state index in [1.807, 2.05) is 50.2 Å². The third kappa shape index (κ3) is 1.81. The van der Waals surface area contributed by atoms with Gasteiger partial charge in [-0.1, -0.05) is 12.1 Å². The van der Waals surface area contributed by atoms with E-state index < -0.39 is 0 Å². The van der Waals surface area contributed by atoms with Crippen molar-refractivity contribution in [1.82, 2.24) is 9.97 Å². The number of hydrogen-bond acceptors (Lipinski definition) is 2. The zero-order valence-electron chi connectivity index (χ0n) is 11.2. The predicted molar refractivity (Wildman–Crippen MR) is 78.5 cm³/mol. The third-order valence-corrected chi connectivity index (χ3v) is 3.37. The van der Waals surface area contributed by atoms with Gasteiger partial charge >= 0.3 is 0 Å². The van der Waals surface area contributed by atoms with E-state index in [4.69, 9.17) is 0 Å². The van der Waals surface area contributed by atoms with Crippen LogP contribution in [0.15, 0.2) is 35.1 Å². The fraction of sp³-hybridized carbons (Fsp3) is 0.125. The molecule has 2 aromatic heterocycles. The molecule has 0 bridgehead atoms. The molecule has 0 atom stereocenters. The minimum atomic E-state index is -0.341. The lowest BCUT2D eigenvalue weighted by atomic mass is 9.98. The number of nitrogens with one attached hydrogen (secondary N) is 2. The van der Waals surface area contributed by atoms with E-state index in [0.29, 0.717) is 5.56 Å². The van der Waals surface area contributed by atoms with Gasteiger partial charge in [0.1, 0.15) is 11.6 Å². The maximum atomic E-state index is 11.9. The molecule has 2 N–H and O–H groups in total. The SMILES string of the molecule is Cc1cc(-c2cccc3[nH]c(C)cc23)c(C#N)c(=O)[nH]1. The summed E-state index contributed by atoms with van der Waals surface area (Å²) in [5.74, 6) is 0. The van der Waals surface area contributed by atoms with E-state index in [2.05, 4.69) is 9.97 Å². The maximum Gasteiger partial charge on any atom is 0.266 e. The number of aryl methyl sites for hydroxylation is 2. The molecule has 3 rings (SSSR count). The minimum absolute atomic E-state index is 0.155. The van der Waals surface area contributed by atoms with Crippen molar-refractivity contribution in [2.75, 3.05) is 0 Å². The second-order valence-electron chi connectivity index (χ2n) is 4.90. The number of aromatic amines is 2. The predicted octanol–water partition coefficient (Wildman–Crippen LogP) is 3.01. The van der Waals surface area contributed by atoms with E-state index >= 15 is 0 Å². The van der Waals surface area contributed by atoms with Gasteiger partial charge in [0.25, 0.3) is 5.56 Å². The number of benzene rings is 1. The number of nitriles is 1. The Morgan fingerprint density at radius 1 is 1.05 bits per heavy atom. The second-order valence-corrected chi connectivity index (χ2v) is 4.90. The van der Waals surface area contributed by atoms with Gasteiger partial charge in [0.15, 0.2) is 0 Å². The van der Waals surface area contributed by atoms with Crippen LogP contribution in [0.3, 0.4) is 0 Å². The standard InChI is InChI=1S/C16H13N3O/c1-9-7-13-11(4-3-5-15(13)18-9)12-6-10(2)19-16(20)14(12)8-17/h3-7,18H,1-2H3,(H,19,20). The minimum Gasteiger partial charge on any atom is -0.359 e. The smallest absolute Gasteiger partial charge is 0.266 e. The van der Waals surface area contributed by atoms with Crippen LogP contribution in [0.5, 0.6) is 0 Å². The summed E-state index contributed by atoms with van der Waals surface area (Å²) in [5, 5.41) is 10.3. The number of aromatic nitrogens is 2. The summed E-state index contributed by atoms with van der Waals surface area (Å²) in [7, 11) is 0. The number of fused-ring (bicyclic) bond motifs is 1. The summed E-state index contributed by atoms with van der Waals surface area (Å²) >= 11 is 0. The number of hydrogen-bond donors (Lipinski definition) is 2. The second kappa shape index (κ2) is 4.39. The molecule has 0 saturated heterocycles. The van der Waals surface area contributed by atoms with Crippen molar-refractivity contribution in [2.24, 2.45) is 0 Å². The topological polar surface area (TPSA) is 72.4 Å². The molecule has 0 aliphatic heterocycles. The fourth-order valence-electron chi connectivity index (χ4n) is 2.54. The van der Waals surface area contributed by atoms with E-state index in [0.717, 1.165) is 27.9 Å². The molecule has 0 aliphatic carbocycles. The van der Waals surface area contributed by atoms with E-state index in [9.17, 15) is 10.1 Å². The van der Waals surface area contributed by atoms with Crippen LogP contribution in [0.2, 0.25) is 0 Å². The molecular formula is C16H13N3O. The highest BCUT2D eigenvalue weighted by Gasteiger charge is 2.13. The van der Waals surface area contributed by atoms with Crippen LogP contribution >= 0.6 is 0 Å². The Morgan fingerprint density at radius 2 is 1.80 bits per heavy atom. The highest BCUT2D eigenvalue weighted by atomic mass is 16.1. The first-order valence-electron chi connectivity index (χ1n) is 6.33. The number of rotatable bonds is 1. The van der Waals surface area contributed by atoms with Crippen LogP contribution in [0.1, 0.15) is 17.0 Å². The molecule has 0 spiro atoms. The van der Waals surface area contributed by atoms with Crippen LogP contribution in [0.25, 0.3) is 22.0 Å². The van der Waals surface area contributed by atoms with Crippen LogP contribution in [-0.2, 0) is 0 Å². The van der Waals surface area contributed by atoms with Gasteiger partial charge < -0.3 is 9.97 Å². The Balaban J connectivity index is 2.43. The van der Waals surface area contributed by atoms with Gasteiger partial charge in [0.05, 0.1) is 0 Å². The molecule has 20 heavy (non-hydrogen) atoms. The Bertz CT molecular complexity index is 910. The molecule has 0 fully saturated rings. The molecule has 1 aromatic carbocycles. The average Bonchev–Trinajstić information content (AvgIpc) is 2.77. The first kappa shape index (κ1) is 12.2. The Morgan fingerprint density at radius 3 is 2.55 bits per heavy atom. The van der Waals surface area contributed by atoms with Gasteiger partial charge in [-0.25, -0.2) is 0 Å². The Hall–Kier alpha value is -2.80. The van der Waals surface area contributed by atoms with E-state index in [1.165, 1.54) is 0 Å². The van der Waals surface area contributed by atoms with Crippen LogP contribution < -0.4 is 5.56 Å². The molecule has 0 aliphatic rings. The summed E-state index contributed by atoms with van der Waals surface area (Å²) in [6.07, 6.45) is 0. The van der Waals surface area contributed by atoms with E-state index in [-0.39, 0.29) is 11.1 Å². The van der Waals surface area contributed by atoms with Crippen LogP contribution in [0, 0.1) is 25.2 Å². The van der Waals surface area contributed by atoms with Gasteiger partial charge in [0.2, 0.25) is 0 Å². The van der Waals surface area contributed by atoms with Crippen molar-refractivity contribution in [3.8, 4) is 17.2 Å². The summed E-state index contributed by atoms with van der Waals surface area (Å²) in [6.45, 7) is 3.80. The zero-order valence-corrected chi connectivity index (χ0v) is 11.2. The van der Waals surface area contributed by atoms with Gasteiger partial charge in [-0.05, 0) is 37.6 Å². The lowest BCUT2D eigenvalue weighted by molar-refractivity contribution is 1.13. The summed E-state index contributed by atoms with van der Waals surface area (Å²) in [4.78, 5) is 17.9. The molecule has 3 aromatic rings. The largest absolute Gasteiger partial charge is 0.359 e. The molecule has 98 valence electrons. The fourth-order valence-corrected chi connectivity index (χ4v) is 2.54. The van der Waals surface area contributed by atoms with E-state index in [1.54, 1.807) is 0 Å². The third-order valence-electron chi connectivity index (χ3n) is 3.37. The van der Waals surface area contributed by atoms with Gasteiger partial charge in [-0.15, -0.1) is 0 Å². The molecule has 0 radical (unpaired) electrons. The molecule has 0 saturated carbocycles. The lowest BCUT2D eigenvalue weighted by Gasteiger charge is -2.06. The van der Waals surface area contributed by atoms with Gasteiger partial charge in [0, 0.05) is 27.9 Å². The molecule has 4 heteroatoms. The molecule has 0 amide bonds. The first-order chi connectivity index (χ1) is 9.60. The first-order valence-corrected chi connectivity index (χ1v) is 6.33. The number of nitrogens with zero attached hydrogens (tertiary/aromatic N) is 1. The zero-order chi connectivity index (χ0) is 14.3. The molecule has 4 nitrogen and oxygen atoms in total. The van der Waals surface area contributed by atoms with Crippen molar-refractivity contribution in [3.63, 3.8) is 0 Å². The van der Waals surface area contributed by atoms with Crippen molar-refractivity contribution < 1.29 is 0 Å². The molecular weight excluding hydrogens is 250 g/mol. The Labute approximate surface area is 115 Å². The molecule has 2 heterocycles. The highest BCUT2D eigenvalue weighted by molar-refractivity contribution is 5.96. The summed E-state index contributed by atoms with van der Waals surface area (Å²) in [5.41, 5.74) is 4.19. The number of pyridine rings is 1.